The Kier molecular flexibility index (Phi) is 5.07. The normalized spacial score (nSPS) is 12.3. The van der Waals surface area contributed by atoms with E-state index in [2.05, 4.69) is 20.2 Å². The topological polar surface area (TPSA) is 101 Å². The molecular weight excluding hydrogens is 439 g/mol. The van der Waals surface area contributed by atoms with Crippen molar-refractivity contribution < 1.29 is 27.1 Å². The van der Waals surface area contributed by atoms with Crippen LogP contribution in [0.3, 0.4) is 0 Å². The molecule has 3 aromatic heterocycles. The number of imidazole rings is 1. The average Bonchev–Trinajstić information content (AvgIpc) is 3.25. The highest BCUT2D eigenvalue weighted by Gasteiger charge is 2.31. The van der Waals surface area contributed by atoms with Crippen molar-refractivity contribution in [3.05, 3.63) is 57.4 Å². The molecule has 0 radical (unpaired) electrons. The Balaban J connectivity index is 2.04. The average molecular weight is 454 g/mol. The lowest BCUT2D eigenvalue weighted by atomic mass is 10.0. The molecular formula is C19H15F5N6O2. The molecule has 0 saturated carbocycles. The summed E-state index contributed by atoms with van der Waals surface area (Å²) < 4.78 is 68.4. The van der Waals surface area contributed by atoms with Gasteiger partial charge in [0.2, 0.25) is 0 Å². The van der Waals surface area contributed by atoms with Gasteiger partial charge < -0.3 is 10.1 Å². The summed E-state index contributed by atoms with van der Waals surface area (Å²) in [6.45, 7) is 0.824. The number of fused-ring (bicyclic) bond motifs is 1. The highest BCUT2D eigenvalue weighted by atomic mass is 19.4. The summed E-state index contributed by atoms with van der Waals surface area (Å²) >= 11 is 0. The van der Waals surface area contributed by atoms with Gasteiger partial charge in [-0.15, -0.1) is 0 Å². The summed E-state index contributed by atoms with van der Waals surface area (Å²) in [5.41, 5.74) is -2.45. The summed E-state index contributed by atoms with van der Waals surface area (Å²) in [7, 11) is 1.48. The van der Waals surface area contributed by atoms with Crippen LogP contribution in [-0.2, 0) is 19.8 Å². The Morgan fingerprint density at radius 2 is 1.81 bits per heavy atom. The van der Waals surface area contributed by atoms with Crippen molar-refractivity contribution in [2.75, 3.05) is 0 Å². The number of benzene rings is 1. The predicted octanol–water partition coefficient (Wildman–Crippen LogP) is 3.24. The van der Waals surface area contributed by atoms with Gasteiger partial charge in [0.25, 0.3) is 12.0 Å². The monoisotopic (exact) mass is 454 g/mol. The van der Waals surface area contributed by atoms with E-state index in [1.807, 2.05) is 0 Å². The molecule has 1 aromatic carbocycles. The second-order valence-electron chi connectivity index (χ2n) is 6.95. The number of aromatic nitrogens is 6. The van der Waals surface area contributed by atoms with Gasteiger partial charge in [-0.25, -0.2) is 18.3 Å². The molecule has 0 fully saturated rings. The molecule has 168 valence electrons. The van der Waals surface area contributed by atoms with E-state index in [0.717, 1.165) is 16.6 Å². The van der Waals surface area contributed by atoms with Crippen LogP contribution in [0, 0.1) is 6.92 Å². The number of aryl methyl sites for hydroxylation is 2. The van der Waals surface area contributed by atoms with E-state index >= 15 is 0 Å². The van der Waals surface area contributed by atoms with Gasteiger partial charge in [-0.1, -0.05) is 12.1 Å². The molecule has 8 nitrogen and oxygen atoms in total. The minimum atomic E-state index is -4.54. The third kappa shape index (κ3) is 3.43. The van der Waals surface area contributed by atoms with Gasteiger partial charge >= 0.3 is 6.18 Å². The number of aromatic amines is 1. The SMILES string of the molecule is Cc1nn2c(-c3c(CO)nn(C)c3-c3ccc(C(F)(F)F)cc3)nc(C(F)F)c2c(=O)[nH]1. The molecule has 0 aliphatic carbocycles. The third-order valence-electron chi connectivity index (χ3n) is 4.83. The number of hydrogen-bond donors (Lipinski definition) is 2. The van der Waals surface area contributed by atoms with Crippen molar-refractivity contribution in [1.29, 1.82) is 0 Å². The van der Waals surface area contributed by atoms with Gasteiger partial charge in [0.1, 0.15) is 11.5 Å². The number of alkyl halides is 5. The molecule has 0 amide bonds. The number of nitrogens with one attached hydrogen (secondary N) is 1. The van der Waals surface area contributed by atoms with Crippen LogP contribution in [0.5, 0.6) is 0 Å². The van der Waals surface area contributed by atoms with E-state index in [9.17, 15) is 31.9 Å². The fraction of sp³-hybridized carbons (Fsp3) is 0.263. The van der Waals surface area contributed by atoms with E-state index in [1.165, 1.54) is 30.8 Å². The van der Waals surface area contributed by atoms with Crippen molar-refractivity contribution in [2.24, 2.45) is 7.05 Å². The fourth-order valence-electron chi connectivity index (χ4n) is 3.52. The fourth-order valence-corrected chi connectivity index (χ4v) is 3.52. The summed E-state index contributed by atoms with van der Waals surface area (Å²) in [4.78, 5) is 18.6. The molecule has 0 bridgehead atoms. The highest BCUT2D eigenvalue weighted by molar-refractivity contribution is 5.81. The van der Waals surface area contributed by atoms with Crippen LogP contribution in [-0.4, -0.2) is 34.5 Å². The van der Waals surface area contributed by atoms with Crippen molar-refractivity contribution in [2.45, 2.75) is 26.1 Å². The number of aliphatic hydroxyl groups is 1. The van der Waals surface area contributed by atoms with Crippen molar-refractivity contribution in [3.8, 4) is 22.6 Å². The lowest BCUT2D eigenvalue weighted by molar-refractivity contribution is -0.137. The zero-order valence-electron chi connectivity index (χ0n) is 16.6. The molecule has 0 aliphatic rings. The van der Waals surface area contributed by atoms with Crippen LogP contribution in [0.4, 0.5) is 22.0 Å². The predicted molar refractivity (Wildman–Crippen MR) is 102 cm³/mol. The maximum Gasteiger partial charge on any atom is 0.416 e. The minimum absolute atomic E-state index is 0.0230. The number of hydrogen-bond acceptors (Lipinski definition) is 5. The maximum atomic E-state index is 13.6. The molecule has 2 N–H and O–H groups in total. The van der Waals surface area contributed by atoms with Crippen LogP contribution in [0.1, 0.15) is 29.2 Å². The molecule has 4 rings (SSSR count). The van der Waals surface area contributed by atoms with E-state index in [4.69, 9.17) is 0 Å². The number of nitrogens with zero attached hydrogens (tertiary/aromatic N) is 5. The summed E-state index contributed by atoms with van der Waals surface area (Å²) in [5, 5.41) is 18.0. The molecule has 32 heavy (non-hydrogen) atoms. The van der Waals surface area contributed by atoms with Crippen LogP contribution in [0.2, 0.25) is 0 Å². The second kappa shape index (κ2) is 7.51. The van der Waals surface area contributed by atoms with Crippen molar-refractivity contribution in [1.82, 2.24) is 29.4 Å². The lowest BCUT2D eigenvalue weighted by Gasteiger charge is -2.10. The molecule has 0 saturated heterocycles. The third-order valence-corrected chi connectivity index (χ3v) is 4.83. The zero-order chi connectivity index (χ0) is 23.4. The number of H-pyrrole nitrogens is 1. The Bertz CT molecular complexity index is 1370. The molecule has 0 atom stereocenters. The first kappa shape index (κ1) is 21.6. The van der Waals surface area contributed by atoms with E-state index in [-0.39, 0.29) is 34.2 Å². The Hall–Kier alpha value is -3.61. The van der Waals surface area contributed by atoms with E-state index in [1.54, 1.807) is 0 Å². The molecule has 4 aromatic rings. The number of halogens is 5. The Morgan fingerprint density at radius 3 is 2.38 bits per heavy atom. The first-order chi connectivity index (χ1) is 15.0. The number of aliphatic hydroxyl groups excluding tert-OH is 1. The quantitative estimate of drug-likeness (QED) is 0.461. The molecule has 13 heteroatoms. The summed E-state index contributed by atoms with van der Waals surface area (Å²) in [6.07, 6.45) is -7.65. The first-order valence-corrected chi connectivity index (χ1v) is 9.15. The highest BCUT2D eigenvalue weighted by Crippen LogP contribution is 2.37. The van der Waals surface area contributed by atoms with Gasteiger partial charge in [-0.3, -0.25) is 9.48 Å². The summed E-state index contributed by atoms with van der Waals surface area (Å²) in [5.74, 6) is -0.0796. The summed E-state index contributed by atoms with van der Waals surface area (Å²) in [6, 6.07) is 4.12. The van der Waals surface area contributed by atoms with Gasteiger partial charge in [-0.05, 0) is 19.1 Å². The van der Waals surface area contributed by atoms with Gasteiger partial charge in [0, 0.05) is 12.6 Å². The Morgan fingerprint density at radius 1 is 1.16 bits per heavy atom. The van der Waals surface area contributed by atoms with Crippen LogP contribution in [0.15, 0.2) is 29.1 Å². The van der Waals surface area contributed by atoms with Crippen LogP contribution >= 0.6 is 0 Å². The van der Waals surface area contributed by atoms with Crippen LogP contribution in [0.25, 0.3) is 28.2 Å². The van der Waals surface area contributed by atoms with Crippen molar-refractivity contribution in [3.63, 3.8) is 0 Å². The smallest absolute Gasteiger partial charge is 0.390 e. The molecule has 0 unspecified atom stereocenters. The zero-order valence-corrected chi connectivity index (χ0v) is 16.6. The maximum absolute atomic E-state index is 13.6. The van der Waals surface area contributed by atoms with Gasteiger partial charge in [-0.2, -0.15) is 23.4 Å². The van der Waals surface area contributed by atoms with Gasteiger partial charge in [0.15, 0.2) is 11.3 Å². The molecule has 0 aliphatic heterocycles. The largest absolute Gasteiger partial charge is 0.416 e. The standard InChI is InChI=1S/C19H15F5N6O2/c1-8-25-18(32)15-13(16(20)21)26-17(30(15)27-8)12-11(7-31)28-29(2)14(12)9-3-5-10(6-4-9)19(22,23)24/h3-6,16,31H,7H2,1-2H3,(H,25,27,32). The molecule has 0 spiro atoms. The second-order valence-corrected chi connectivity index (χ2v) is 6.95. The minimum Gasteiger partial charge on any atom is -0.390 e. The van der Waals surface area contributed by atoms with Crippen molar-refractivity contribution >= 4 is 5.52 Å². The van der Waals surface area contributed by atoms with Gasteiger partial charge in [0.05, 0.1) is 29.1 Å². The Labute approximate surface area is 176 Å². The first-order valence-electron chi connectivity index (χ1n) is 9.15. The van der Waals surface area contributed by atoms with Crippen LogP contribution < -0.4 is 5.56 Å². The lowest BCUT2D eigenvalue weighted by Crippen LogP contribution is -2.15. The number of rotatable bonds is 4. The van der Waals surface area contributed by atoms with E-state index < -0.39 is 41.5 Å². The van der Waals surface area contributed by atoms with E-state index in [0.29, 0.717) is 0 Å². The molecule has 3 heterocycles.